The molecule has 3 aliphatic rings. The maximum Gasteiger partial charge on any atom is 0.666 e. The summed E-state index contributed by atoms with van der Waals surface area (Å²) in [4.78, 5) is 7.63. The molecule has 0 saturated carbocycles. The summed E-state index contributed by atoms with van der Waals surface area (Å²) in [6.07, 6.45) is 4.35. The minimum Gasteiger partial charge on any atom is -0.486 e. The number of nitrogens with one attached hydrogen (secondary N) is 2. The highest BCUT2D eigenvalue weighted by molar-refractivity contribution is 6.61. The Kier molecular flexibility index (Phi) is 7.24. The first-order chi connectivity index (χ1) is 26.4. The van der Waals surface area contributed by atoms with Gasteiger partial charge in [-0.3, -0.25) is 0 Å². The van der Waals surface area contributed by atoms with Crippen molar-refractivity contribution in [3.8, 4) is 0 Å². The number of hydrogen-bond acceptors (Lipinski definition) is 3. The van der Waals surface area contributed by atoms with Crippen molar-refractivity contribution >= 4 is 34.9 Å². The Morgan fingerprint density at radius 1 is 0.500 bits per heavy atom. The topological polar surface area (TPSA) is 71.1 Å². The molecule has 0 aliphatic carbocycles. The van der Waals surface area contributed by atoms with E-state index in [1.807, 2.05) is 0 Å². The molecule has 0 amide bonds. The van der Waals surface area contributed by atoms with Crippen molar-refractivity contribution < 1.29 is 18.2 Å². The number of aryl methyl sites for hydroxylation is 3. The van der Waals surface area contributed by atoms with E-state index in [0.717, 1.165) is 88.4 Å². The first kappa shape index (κ1) is 32.3. The Bertz CT molecular complexity index is 3080. The highest BCUT2D eigenvalue weighted by Gasteiger charge is 2.53. The molecule has 7 heterocycles. The third kappa shape index (κ3) is 4.74. The van der Waals surface area contributed by atoms with Crippen molar-refractivity contribution in [2.24, 2.45) is 0 Å². The Morgan fingerprint density at radius 2 is 0.963 bits per heavy atom. The number of furan rings is 1. The van der Waals surface area contributed by atoms with E-state index in [2.05, 4.69) is 173 Å². The second-order valence-corrected chi connectivity index (χ2v) is 14.5. The van der Waals surface area contributed by atoms with Crippen LogP contribution in [0.3, 0.4) is 0 Å². The van der Waals surface area contributed by atoms with Gasteiger partial charge in [0.2, 0.25) is 0 Å². The number of hydrogen-bond donors (Lipinski definition) is 2. The SMILES string of the molecule is CO[B-]1(OC)n2c3ccc2=c2ccc([nH]2)=C(c2ccc(C)cc2)c2ccc(o2)C(c2ccc(C)cc2)=c2ccc([nH]2)=C2C=CC(=[N+]21)C=3c1ccc(C)cc1. The molecule has 3 aliphatic heterocycles. The minimum atomic E-state index is -2.32. The Morgan fingerprint density at radius 3 is 1.50 bits per heavy atom. The lowest BCUT2D eigenvalue weighted by Gasteiger charge is -2.38. The van der Waals surface area contributed by atoms with E-state index in [9.17, 15) is 0 Å². The number of benzene rings is 3. The van der Waals surface area contributed by atoms with Crippen LogP contribution in [0.2, 0.25) is 0 Å². The lowest BCUT2D eigenvalue weighted by molar-refractivity contribution is -0.340. The zero-order valence-corrected chi connectivity index (χ0v) is 30.9. The minimum absolute atomic E-state index is 0.767. The van der Waals surface area contributed by atoms with Crippen molar-refractivity contribution in [3.05, 3.63) is 210 Å². The Hall–Kier alpha value is -6.35. The summed E-state index contributed by atoms with van der Waals surface area (Å²) >= 11 is 0. The molecule has 7 nitrogen and oxygen atoms in total. The highest BCUT2D eigenvalue weighted by Crippen LogP contribution is 2.31. The van der Waals surface area contributed by atoms with Crippen molar-refractivity contribution in [1.82, 2.24) is 14.4 Å². The second kappa shape index (κ2) is 12.1. The van der Waals surface area contributed by atoms with Crippen molar-refractivity contribution in [2.45, 2.75) is 20.8 Å². The second-order valence-electron chi connectivity index (χ2n) is 14.5. The predicted molar refractivity (Wildman–Crippen MR) is 213 cm³/mol. The van der Waals surface area contributed by atoms with Crippen LogP contribution in [0.15, 0.2) is 138 Å². The number of rotatable bonds is 5. The molecule has 4 aromatic heterocycles. The standard InChI is InChI=1S/C46H39BN4O3/c1-28-6-12-31(13-7-28)44-36-20-18-34(48-36)38-22-24-40-46(33-16-10-30(3)11-17-33)41-25-23-39(51(41)47(52-4,53-5)50(38)40)35-19-21-37(49-35)45(43-27-26-42(44)54-43)32-14-8-29(2)9-15-32/h6-27,48-49H,1-5H3. The lowest BCUT2D eigenvalue weighted by Crippen LogP contribution is -2.65. The molecule has 54 heavy (non-hydrogen) atoms. The molecule has 0 saturated heterocycles. The third-order valence-electron chi connectivity index (χ3n) is 11.2. The van der Waals surface area contributed by atoms with E-state index in [1.54, 1.807) is 14.2 Å². The first-order valence-electron chi connectivity index (χ1n) is 18.4. The molecule has 3 aromatic carbocycles. The van der Waals surface area contributed by atoms with E-state index in [4.69, 9.17) is 13.7 Å². The van der Waals surface area contributed by atoms with Gasteiger partial charge in [-0.15, -0.1) is 0 Å². The monoisotopic (exact) mass is 706 g/mol. The van der Waals surface area contributed by atoms with Gasteiger partial charge in [0.1, 0.15) is 16.9 Å². The van der Waals surface area contributed by atoms with Crippen LogP contribution >= 0.6 is 0 Å². The summed E-state index contributed by atoms with van der Waals surface area (Å²) in [7, 11) is 3.47. The molecule has 0 atom stereocenters. The molecule has 2 N–H and O–H groups in total. The van der Waals surface area contributed by atoms with Crippen molar-refractivity contribution in [2.75, 3.05) is 14.2 Å². The summed E-state index contributed by atoms with van der Waals surface area (Å²) < 4.78 is 24.7. The van der Waals surface area contributed by atoms with Gasteiger partial charge in [-0.05, 0) is 100 Å². The molecule has 8 bridgehead atoms. The number of nitrogens with zero attached hydrogens (tertiary/aromatic N) is 2. The van der Waals surface area contributed by atoms with Crippen LogP contribution in [0, 0.1) is 31.5 Å². The van der Waals surface area contributed by atoms with E-state index >= 15 is 0 Å². The molecule has 7 aromatic rings. The molecule has 0 unspecified atom stereocenters. The first-order valence-corrected chi connectivity index (χ1v) is 18.4. The Labute approximate surface area is 312 Å². The van der Waals surface area contributed by atoms with Crippen LogP contribution in [0.25, 0.3) is 22.4 Å². The van der Waals surface area contributed by atoms with Crippen LogP contribution in [-0.2, 0) is 9.31 Å². The van der Waals surface area contributed by atoms with Crippen LogP contribution < -0.4 is 21.4 Å². The summed E-state index contributed by atoms with van der Waals surface area (Å²) in [5.74, 6) is 1.53. The molecular weight excluding hydrogens is 667 g/mol. The molecule has 0 spiro atoms. The number of aromatic amines is 2. The van der Waals surface area contributed by atoms with Gasteiger partial charge in [-0.2, -0.15) is 0 Å². The fraction of sp³-hybridized carbons (Fsp3) is 0.109. The average molecular weight is 707 g/mol. The number of fused-ring (bicyclic) bond motifs is 6. The van der Waals surface area contributed by atoms with Gasteiger partial charge in [0.25, 0.3) is 0 Å². The average Bonchev–Trinajstić information content (AvgIpc) is 4.04. The zero-order valence-electron chi connectivity index (χ0n) is 30.9. The molecule has 8 heteroatoms. The van der Waals surface area contributed by atoms with Crippen molar-refractivity contribution in [3.63, 3.8) is 0 Å². The molecule has 10 rings (SSSR count). The molecule has 0 fully saturated rings. The van der Waals surface area contributed by atoms with E-state index in [1.165, 1.54) is 16.7 Å². The van der Waals surface area contributed by atoms with E-state index in [-0.39, 0.29) is 0 Å². The van der Waals surface area contributed by atoms with E-state index < -0.39 is 6.82 Å². The van der Waals surface area contributed by atoms with Crippen LogP contribution in [0.1, 0.15) is 44.9 Å². The summed E-state index contributed by atoms with van der Waals surface area (Å²) in [5.41, 5.74) is 11.8. The summed E-state index contributed by atoms with van der Waals surface area (Å²) in [6, 6.07) is 43.0. The summed E-state index contributed by atoms with van der Waals surface area (Å²) in [6.45, 7) is 4.02. The van der Waals surface area contributed by atoms with Crippen molar-refractivity contribution in [1.29, 1.82) is 0 Å². The number of aromatic nitrogens is 3. The van der Waals surface area contributed by atoms with Crippen LogP contribution in [0.5, 0.6) is 0 Å². The number of allylic oxidation sites excluding steroid dienone is 1. The predicted octanol–water partition coefficient (Wildman–Crippen LogP) is 5.38. The van der Waals surface area contributed by atoms with E-state index in [0.29, 0.717) is 0 Å². The fourth-order valence-electron chi connectivity index (χ4n) is 8.52. The van der Waals surface area contributed by atoms with Gasteiger partial charge < -0.3 is 32.7 Å². The molecular formula is C46H39BN4O3. The molecule has 0 radical (unpaired) electrons. The largest absolute Gasteiger partial charge is 0.666 e. The fourth-order valence-corrected chi connectivity index (χ4v) is 8.52. The van der Waals surface area contributed by atoms with Crippen LogP contribution in [0.4, 0.5) is 0 Å². The molecule has 264 valence electrons. The van der Waals surface area contributed by atoms with Gasteiger partial charge in [0.15, 0.2) is 11.4 Å². The smallest absolute Gasteiger partial charge is 0.486 e. The van der Waals surface area contributed by atoms with Gasteiger partial charge in [-0.1, -0.05) is 89.5 Å². The third-order valence-corrected chi connectivity index (χ3v) is 11.2. The summed E-state index contributed by atoms with van der Waals surface area (Å²) in [5, 5.41) is 5.67. The van der Waals surface area contributed by atoms with Gasteiger partial charge in [-0.25, -0.2) is 0 Å². The van der Waals surface area contributed by atoms with Gasteiger partial charge >= 0.3 is 6.82 Å². The maximum atomic E-state index is 6.92. The normalized spacial score (nSPS) is 15.5. The number of H-pyrrole nitrogens is 2. The zero-order chi connectivity index (χ0) is 36.7. The quantitative estimate of drug-likeness (QED) is 0.237. The van der Waals surface area contributed by atoms with Crippen LogP contribution in [-0.4, -0.2) is 45.7 Å². The van der Waals surface area contributed by atoms with Gasteiger partial charge in [0, 0.05) is 34.0 Å². The van der Waals surface area contributed by atoms with Gasteiger partial charge in [0.05, 0.1) is 21.6 Å². The lowest BCUT2D eigenvalue weighted by atomic mass is 9.81. The Balaban J connectivity index is 1.43. The maximum absolute atomic E-state index is 6.92. The highest BCUT2D eigenvalue weighted by atomic mass is 16.6.